The van der Waals surface area contributed by atoms with Gasteiger partial charge in [0.05, 0.1) is 5.54 Å². The van der Waals surface area contributed by atoms with E-state index in [4.69, 9.17) is 10.6 Å². The van der Waals surface area contributed by atoms with E-state index in [9.17, 15) is 0 Å². The lowest BCUT2D eigenvalue weighted by Gasteiger charge is -2.40. The molecule has 0 radical (unpaired) electrons. The molecule has 0 aromatic carbocycles. The third kappa shape index (κ3) is 5.17. The zero-order chi connectivity index (χ0) is 14.1. The molecule has 0 aromatic heterocycles. The number of hydrogen-bond donors (Lipinski definition) is 1. The Kier molecular flexibility index (Phi) is 6.82. The summed E-state index contributed by atoms with van der Waals surface area (Å²) in [4.78, 5) is 5.69. The van der Waals surface area contributed by atoms with Crippen molar-refractivity contribution in [1.82, 2.24) is 5.06 Å². The van der Waals surface area contributed by atoms with Crippen molar-refractivity contribution in [1.29, 1.82) is 0 Å². The molecule has 2 N–H and O–H groups in total. The van der Waals surface area contributed by atoms with E-state index in [-0.39, 0.29) is 5.54 Å². The molecule has 0 aromatic rings. The highest BCUT2D eigenvalue weighted by atomic mass is 16.7. The van der Waals surface area contributed by atoms with Gasteiger partial charge >= 0.3 is 0 Å². The zero-order valence-electron chi connectivity index (χ0n) is 12.8. The Morgan fingerprint density at radius 3 is 2.42 bits per heavy atom. The highest BCUT2D eigenvalue weighted by molar-refractivity contribution is 5.09. The van der Waals surface area contributed by atoms with Crippen LogP contribution in [-0.2, 0) is 4.84 Å². The fraction of sp³-hybridized carbons (Fsp3) is 0.750. The van der Waals surface area contributed by atoms with Gasteiger partial charge in [0.1, 0.15) is 0 Å². The molecule has 110 valence electrons. The summed E-state index contributed by atoms with van der Waals surface area (Å²) in [7, 11) is 0. The predicted octanol–water partition coefficient (Wildman–Crippen LogP) is 4.47. The van der Waals surface area contributed by atoms with Crippen LogP contribution >= 0.6 is 0 Å². The van der Waals surface area contributed by atoms with Gasteiger partial charge in [0, 0.05) is 12.3 Å². The first kappa shape index (κ1) is 15.9. The Hall–Kier alpha value is -1.12. The van der Waals surface area contributed by atoms with Gasteiger partial charge in [-0.2, -0.15) is 0 Å². The average Bonchev–Trinajstić information content (AvgIpc) is 2.41. The number of rotatable bonds is 9. The number of nitrogens with zero attached hydrogens (tertiary/aromatic N) is 1. The second-order valence-electron chi connectivity index (χ2n) is 5.74. The molecule has 1 atom stereocenters. The molecule has 0 bridgehead atoms. The molecule has 0 saturated heterocycles. The Labute approximate surface area is 118 Å². The maximum Gasteiger partial charge on any atom is 0.217 e. The van der Waals surface area contributed by atoms with Crippen LogP contribution in [0, 0.1) is 0 Å². The largest absolute Gasteiger partial charge is 0.368 e. The third-order valence-corrected chi connectivity index (χ3v) is 3.86. The molecular weight excluding hydrogens is 236 g/mol. The molecule has 0 aliphatic carbocycles. The molecule has 1 aliphatic rings. The van der Waals surface area contributed by atoms with Crippen molar-refractivity contribution in [2.75, 3.05) is 0 Å². The van der Waals surface area contributed by atoms with Gasteiger partial charge in [0.15, 0.2) is 0 Å². The lowest BCUT2D eigenvalue weighted by atomic mass is 9.88. The molecule has 19 heavy (non-hydrogen) atoms. The summed E-state index contributed by atoms with van der Waals surface area (Å²) in [6.45, 7) is 6.77. The van der Waals surface area contributed by atoms with Gasteiger partial charge in [0.2, 0.25) is 5.88 Å². The summed E-state index contributed by atoms with van der Waals surface area (Å²) in [6, 6.07) is 0. The number of allylic oxidation sites excluding steroid dienone is 2. The van der Waals surface area contributed by atoms with Crippen molar-refractivity contribution in [2.24, 2.45) is 5.73 Å². The summed E-state index contributed by atoms with van der Waals surface area (Å²) < 4.78 is 0. The normalized spacial score (nSPS) is 17.8. The molecule has 1 rings (SSSR count). The molecule has 0 spiro atoms. The average molecular weight is 266 g/mol. The summed E-state index contributed by atoms with van der Waals surface area (Å²) in [5, 5.41) is 1.96. The third-order valence-electron chi connectivity index (χ3n) is 3.86. The highest BCUT2D eigenvalue weighted by Gasteiger charge is 2.31. The van der Waals surface area contributed by atoms with Crippen molar-refractivity contribution in [3.63, 3.8) is 0 Å². The van der Waals surface area contributed by atoms with E-state index in [1.165, 1.54) is 38.5 Å². The zero-order valence-corrected chi connectivity index (χ0v) is 12.8. The molecule has 0 fully saturated rings. The van der Waals surface area contributed by atoms with E-state index in [2.05, 4.69) is 20.8 Å². The molecule has 0 saturated carbocycles. The van der Waals surface area contributed by atoms with Crippen molar-refractivity contribution in [3.8, 4) is 0 Å². The molecule has 1 unspecified atom stereocenters. The second kappa shape index (κ2) is 8.13. The minimum Gasteiger partial charge on any atom is -0.368 e. The molecular formula is C16H30N2O. The molecule has 0 amide bonds. The number of nitrogens with two attached hydrogens (primary N) is 1. The first-order valence-electron chi connectivity index (χ1n) is 7.73. The Morgan fingerprint density at radius 2 is 1.79 bits per heavy atom. The van der Waals surface area contributed by atoms with Gasteiger partial charge in [-0.15, -0.1) is 0 Å². The van der Waals surface area contributed by atoms with Crippen molar-refractivity contribution in [2.45, 2.75) is 77.7 Å². The van der Waals surface area contributed by atoms with E-state index in [0.717, 1.165) is 12.8 Å². The Morgan fingerprint density at radius 1 is 1.11 bits per heavy atom. The first-order valence-corrected chi connectivity index (χ1v) is 7.73. The van der Waals surface area contributed by atoms with Crippen LogP contribution in [0.15, 0.2) is 24.2 Å². The fourth-order valence-electron chi connectivity index (χ4n) is 2.52. The predicted molar refractivity (Wildman–Crippen MR) is 81.0 cm³/mol. The number of hydroxylamine groups is 2. The maximum atomic E-state index is 5.77. The van der Waals surface area contributed by atoms with E-state index in [1.807, 2.05) is 17.3 Å². The minimum atomic E-state index is 0.0547. The number of hydrogen-bond acceptors (Lipinski definition) is 3. The van der Waals surface area contributed by atoms with Crippen LogP contribution in [0.4, 0.5) is 0 Å². The molecule has 1 aliphatic heterocycles. The van der Waals surface area contributed by atoms with Gasteiger partial charge in [-0.05, 0) is 25.8 Å². The van der Waals surface area contributed by atoms with Gasteiger partial charge in [-0.1, -0.05) is 52.4 Å². The SMILES string of the molecule is CCCCCCC(C)(CCCC)N1C=CC=C(N)O1. The summed E-state index contributed by atoms with van der Waals surface area (Å²) in [5.41, 5.74) is 5.83. The van der Waals surface area contributed by atoms with Gasteiger partial charge in [-0.25, -0.2) is 5.06 Å². The van der Waals surface area contributed by atoms with Gasteiger partial charge < -0.3 is 10.6 Å². The quantitative estimate of drug-likeness (QED) is 0.626. The van der Waals surface area contributed by atoms with Crippen LogP contribution in [-0.4, -0.2) is 10.6 Å². The van der Waals surface area contributed by atoms with Crippen molar-refractivity contribution >= 4 is 0 Å². The summed E-state index contributed by atoms with van der Waals surface area (Å²) in [5.74, 6) is 0.485. The van der Waals surface area contributed by atoms with Crippen LogP contribution < -0.4 is 5.73 Å². The lowest BCUT2D eigenvalue weighted by molar-refractivity contribution is -0.158. The van der Waals surface area contributed by atoms with Gasteiger partial charge in [0.25, 0.3) is 0 Å². The first-order chi connectivity index (χ1) is 9.12. The minimum absolute atomic E-state index is 0.0547. The molecule has 3 heteroatoms. The Bertz CT molecular complexity index is 312. The van der Waals surface area contributed by atoms with Crippen LogP contribution in [0.5, 0.6) is 0 Å². The second-order valence-corrected chi connectivity index (χ2v) is 5.74. The topological polar surface area (TPSA) is 38.5 Å². The monoisotopic (exact) mass is 266 g/mol. The summed E-state index contributed by atoms with van der Waals surface area (Å²) >= 11 is 0. The van der Waals surface area contributed by atoms with E-state index >= 15 is 0 Å². The van der Waals surface area contributed by atoms with Crippen LogP contribution in [0.25, 0.3) is 0 Å². The van der Waals surface area contributed by atoms with Crippen LogP contribution in [0.3, 0.4) is 0 Å². The van der Waals surface area contributed by atoms with E-state index in [0.29, 0.717) is 5.88 Å². The molecule has 1 heterocycles. The van der Waals surface area contributed by atoms with E-state index < -0.39 is 0 Å². The van der Waals surface area contributed by atoms with Crippen LogP contribution in [0.1, 0.15) is 72.1 Å². The molecule has 3 nitrogen and oxygen atoms in total. The summed E-state index contributed by atoms with van der Waals surface area (Å²) in [6.07, 6.45) is 15.7. The van der Waals surface area contributed by atoms with Crippen molar-refractivity contribution in [3.05, 3.63) is 24.2 Å². The Balaban J connectivity index is 2.58. The van der Waals surface area contributed by atoms with Gasteiger partial charge in [-0.3, -0.25) is 0 Å². The number of unbranched alkanes of at least 4 members (excludes halogenated alkanes) is 4. The smallest absolute Gasteiger partial charge is 0.217 e. The highest BCUT2D eigenvalue weighted by Crippen LogP contribution is 2.31. The van der Waals surface area contributed by atoms with Crippen LogP contribution in [0.2, 0.25) is 0 Å². The standard InChI is InChI=1S/C16H30N2O/c1-4-6-8-9-13-16(3,12-7-5-2)18-14-10-11-15(17)19-18/h10-11,14H,4-9,12-13,17H2,1-3H3. The van der Waals surface area contributed by atoms with E-state index in [1.54, 1.807) is 6.08 Å². The van der Waals surface area contributed by atoms with Crippen molar-refractivity contribution < 1.29 is 4.84 Å². The fourth-order valence-corrected chi connectivity index (χ4v) is 2.52. The maximum absolute atomic E-state index is 5.77. The lowest BCUT2D eigenvalue weighted by Crippen LogP contribution is -2.44.